The molecule has 0 N–H and O–H groups in total. The van der Waals surface area contributed by atoms with Crippen LogP contribution in [0.4, 0.5) is 0 Å². The summed E-state index contributed by atoms with van der Waals surface area (Å²) in [6.07, 6.45) is 0. The second-order valence-electron chi connectivity index (χ2n) is 19.0. The van der Waals surface area contributed by atoms with Crippen molar-refractivity contribution in [3.05, 3.63) is 255 Å². The molecule has 15 aromatic rings. The molecule has 15 rings (SSSR count). The summed E-state index contributed by atoms with van der Waals surface area (Å²) in [5.74, 6) is 0. The zero-order valence-electron chi connectivity index (χ0n) is 38.2. The number of rotatable bonds is 6. The van der Waals surface area contributed by atoms with Crippen LogP contribution in [0.25, 0.3) is 153 Å². The van der Waals surface area contributed by atoms with Crippen LogP contribution in [-0.2, 0) is 0 Å². The molecule has 0 radical (unpaired) electrons. The highest BCUT2D eigenvalue weighted by Crippen LogP contribution is 2.56. The maximum atomic E-state index is 2.55. The third kappa shape index (κ3) is 5.71. The van der Waals surface area contributed by atoms with E-state index in [1.165, 1.54) is 153 Å². The predicted molar refractivity (Wildman–Crippen MR) is 301 cm³/mol. The molecule has 0 spiro atoms. The third-order valence-electron chi connectivity index (χ3n) is 15.3. The van der Waals surface area contributed by atoms with Crippen molar-refractivity contribution in [3.63, 3.8) is 0 Å². The summed E-state index contributed by atoms with van der Waals surface area (Å²) < 4.78 is 0. The van der Waals surface area contributed by atoms with Crippen molar-refractivity contribution < 1.29 is 0 Å². The minimum atomic E-state index is 1.20. The van der Waals surface area contributed by atoms with E-state index in [2.05, 4.69) is 255 Å². The maximum absolute atomic E-state index is 2.55. The van der Waals surface area contributed by atoms with Gasteiger partial charge in [-0.25, -0.2) is 0 Å². The van der Waals surface area contributed by atoms with Gasteiger partial charge in [-0.1, -0.05) is 218 Å². The van der Waals surface area contributed by atoms with Gasteiger partial charge in [-0.05, 0) is 189 Å². The topological polar surface area (TPSA) is 0 Å². The van der Waals surface area contributed by atoms with E-state index >= 15 is 0 Å². The lowest BCUT2D eigenvalue weighted by Gasteiger charge is -2.20. The first-order valence-electron chi connectivity index (χ1n) is 24.4. The average molecular weight is 883 g/mol. The summed E-state index contributed by atoms with van der Waals surface area (Å²) in [5.41, 5.74) is 14.8. The molecule has 0 saturated carbocycles. The Hall–Kier alpha value is -9.10. The van der Waals surface area contributed by atoms with E-state index in [1.807, 2.05) is 0 Å². The molecule has 0 heteroatoms. The van der Waals surface area contributed by atoms with Crippen molar-refractivity contribution in [1.82, 2.24) is 0 Å². The Labute approximate surface area is 405 Å². The SMILES string of the molecule is c1ccc(-c2cc(-c3ccccc3)cc(-c3ccc4cc5c6c(-c7ccccc7)c7c(cc8c9ccccc9c9cccc7c98)c(-c7ccccc7-c7ccccc7)c6c6cccc(c4c3)c65)c2)cc1. The highest BCUT2D eigenvalue weighted by atomic mass is 14.3. The van der Waals surface area contributed by atoms with Gasteiger partial charge in [0.25, 0.3) is 0 Å². The van der Waals surface area contributed by atoms with E-state index in [9.17, 15) is 0 Å². The van der Waals surface area contributed by atoms with Crippen LogP contribution in [-0.4, -0.2) is 0 Å². The summed E-state index contributed by atoms with van der Waals surface area (Å²) in [7, 11) is 0. The van der Waals surface area contributed by atoms with Crippen LogP contribution in [0.3, 0.4) is 0 Å². The van der Waals surface area contributed by atoms with E-state index in [4.69, 9.17) is 0 Å². The fourth-order valence-electron chi connectivity index (χ4n) is 12.3. The molecule has 0 nitrogen and oxygen atoms in total. The molecule has 0 fully saturated rings. The number of hydrogen-bond acceptors (Lipinski definition) is 0. The molecule has 0 saturated heterocycles. The fourth-order valence-corrected chi connectivity index (χ4v) is 12.3. The van der Waals surface area contributed by atoms with Crippen LogP contribution in [0.1, 0.15) is 0 Å². The van der Waals surface area contributed by atoms with E-state index in [0.29, 0.717) is 0 Å². The third-order valence-corrected chi connectivity index (χ3v) is 15.3. The maximum Gasteiger partial charge on any atom is -0.000697 e. The average Bonchev–Trinajstić information content (AvgIpc) is 3.95. The first-order valence-corrected chi connectivity index (χ1v) is 24.4. The van der Waals surface area contributed by atoms with Gasteiger partial charge in [-0.15, -0.1) is 0 Å². The molecule has 0 amide bonds. The van der Waals surface area contributed by atoms with Crippen molar-refractivity contribution in [3.8, 4) is 66.8 Å². The lowest BCUT2D eigenvalue weighted by Crippen LogP contribution is -1.93. The first kappa shape index (κ1) is 38.9. The van der Waals surface area contributed by atoms with E-state index in [-0.39, 0.29) is 0 Å². The molecule has 15 aromatic carbocycles. The second kappa shape index (κ2) is 15.2. The summed E-state index contributed by atoms with van der Waals surface area (Å²) in [4.78, 5) is 0. The Morgan fingerprint density at radius 3 is 1.26 bits per heavy atom. The van der Waals surface area contributed by atoms with Gasteiger partial charge in [0.1, 0.15) is 0 Å². The number of hydrogen-bond donors (Lipinski definition) is 0. The minimum Gasteiger partial charge on any atom is -0.0622 e. The summed E-state index contributed by atoms with van der Waals surface area (Å²) >= 11 is 0. The zero-order valence-corrected chi connectivity index (χ0v) is 38.2. The standard InChI is InChI=1S/C70H42/c1-5-19-43(20-6-1)49-37-50(44-21-7-2-8-22-44)39-51(38-49)47-35-36-48-41-62-66-57(60(48)40-47)32-18-34-59(66)69-67(55-30-16-13-27-52(55)45-23-9-3-10-24-45)63-42-61-54-29-15-14-28-53(54)56-31-17-33-58(65(56)61)68(63)64(70(62)69)46-25-11-4-12-26-46/h1-42H. The largest absolute Gasteiger partial charge is 0.0622 e. The van der Waals surface area contributed by atoms with Gasteiger partial charge in [0.2, 0.25) is 0 Å². The predicted octanol–water partition coefficient (Wildman–Crippen LogP) is 19.8. The van der Waals surface area contributed by atoms with Crippen molar-refractivity contribution in [2.24, 2.45) is 0 Å². The smallest absolute Gasteiger partial charge is 0.000697 e. The highest BCUT2D eigenvalue weighted by Gasteiger charge is 2.28. The normalized spacial score (nSPS) is 12.0. The molecule has 0 aliphatic rings. The molecule has 0 aliphatic heterocycles. The summed E-state index contributed by atoms with van der Waals surface area (Å²) in [6, 6.07) is 95.2. The second-order valence-corrected chi connectivity index (χ2v) is 19.0. The van der Waals surface area contributed by atoms with Gasteiger partial charge in [0.05, 0.1) is 0 Å². The minimum absolute atomic E-state index is 1.20. The molecule has 0 bridgehead atoms. The Kier molecular flexibility index (Phi) is 8.46. The monoisotopic (exact) mass is 882 g/mol. The molecule has 0 aliphatic carbocycles. The van der Waals surface area contributed by atoms with Gasteiger partial charge < -0.3 is 0 Å². The molecule has 0 heterocycles. The van der Waals surface area contributed by atoms with Crippen LogP contribution in [0.2, 0.25) is 0 Å². The van der Waals surface area contributed by atoms with Crippen molar-refractivity contribution >= 4 is 86.2 Å². The zero-order chi connectivity index (χ0) is 45.9. The molecule has 0 aromatic heterocycles. The Balaban J connectivity index is 1.11. The van der Waals surface area contributed by atoms with Crippen LogP contribution in [0.5, 0.6) is 0 Å². The Morgan fingerprint density at radius 2 is 0.614 bits per heavy atom. The van der Waals surface area contributed by atoms with Crippen molar-refractivity contribution in [1.29, 1.82) is 0 Å². The number of benzene rings is 13. The lowest BCUT2D eigenvalue weighted by atomic mass is 9.82. The molecule has 70 heavy (non-hydrogen) atoms. The Bertz CT molecular complexity index is 4470. The fraction of sp³-hybridized carbons (Fsp3) is 0. The Morgan fingerprint density at radius 1 is 0.157 bits per heavy atom. The van der Waals surface area contributed by atoms with Crippen LogP contribution in [0.15, 0.2) is 255 Å². The van der Waals surface area contributed by atoms with Gasteiger partial charge in [-0.3, -0.25) is 0 Å². The molecular formula is C70H42. The van der Waals surface area contributed by atoms with E-state index < -0.39 is 0 Å². The lowest BCUT2D eigenvalue weighted by molar-refractivity contribution is 1.57. The van der Waals surface area contributed by atoms with E-state index in [0.717, 1.165) is 0 Å². The van der Waals surface area contributed by atoms with Crippen LogP contribution in [0, 0.1) is 0 Å². The van der Waals surface area contributed by atoms with Gasteiger partial charge in [0.15, 0.2) is 0 Å². The molecule has 0 unspecified atom stereocenters. The molecule has 0 atom stereocenters. The molecule has 322 valence electrons. The van der Waals surface area contributed by atoms with E-state index in [1.54, 1.807) is 0 Å². The summed E-state index contributed by atoms with van der Waals surface area (Å²) in [6.45, 7) is 0. The van der Waals surface area contributed by atoms with Crippen LogP contribution < -0.4 is 0 Å². The molecular weight excluding hydrogens is 841 g/mol. The first-order chi connectivity index (χ1) is 34.7. The highest BCUT2D eigenvalue weighted by molar-refractivity contribution is 6.46. The van der Waals surface area contributed by atoms with Gasteiger partial charge in [0, 0.05) is 0 Å². The van der Waals surface area contributed by atoms with Crippen molar-refractivity contribution in [2.75, 3.05) is 0 Å². The van der Waals surface area contributed by atoms with Crippen LogP contribution >= 0.6 is 0 Å². The quantitative estimate of drug-likeness (QED) is 0.146. The number of fused-ring (bicyclic) bond motifs is 10. The van der Waals surface area contributed by atoms with Crippen molar-refractivity contribution in [2.45, 2.75) is 0 Å². The summed E-state index contributed by atoms with van der Waals surface area (Å²) in [5, 5.41) is 20.8. The van der Waals surface area contributed by atoms with Gasteiger partial charge >= 0.3 is 0 Å². The van der Waals surface area contributed by atoms with Gasteiger partial charge in [-0.2, -0.15) is 0 Å².